The number of hydrogen-bond acceptors (Lipinski definition) is 6. The van der Waals surface area contributed by atoms with Gasteiger partial charge < -0.3 is 10.1 Å². The highest BCUT2D eigenvalue weighted by Gasteiger charge is 2.05. The largest absolute Gasteiger partial charge is 0.494 e. The maximum absolute atomic E-state index is 5.49. The zero-order valence-electron chi connectivity index (χ0n) is 10.4. The highest BCUT2D eigenvalue weighted by molar-refractivity contribution is 7.22. The minimum Gasteiger partial charge on any atom is -0.494 e. The second-order valence-corrected chi connectivity index (χ2v) is 5.90. The molecule has 3 aromatic rings. The lowest BCUT2D eigenvalue weighted by Gasteiger charge is -2.00. The SMILES string of the molecule is CCOc1ccc2nc(NCc3cncs3)sc2c1. The Bertz CT molecular complexity index is 664. The number of hydrogen-bond donors (Lipinski definition) is 1. The molecule has 6 heteroatoms. The van der Waals surface area contributed by atoms with Crippen LogP contribution in [0.5, 0.6) is 5.75 Å². The molecule has 1 aromatic carbocycles. The maximum Gasteiger partial charge on any atom is 0.184 e. The molecule has 0 aliphatic carbocycles. The Morgan fingerprint density at radius 1 is 1.37 bits per heavy atom. The topological polar surface area (TPSA) is 47.0 Å². The fourth-order valence-electron chi connectivity index (χ4n) is 1.73. The van der Waals surface area contributed by atoms with E-state index in [2.05, 4.69) is 15.3 Å². The van der Waals surface area contributed by atoms with Crippen molar-refractivity contribution < 1.29 is 4.74 Å². The van der Waals surface area contributed by atoms with Crippen LogP contribution in [-0.4, -0.2) is 16.6 Å². The van der Waals surface area contributed by atoms with Gasteiger partial charge in [0, 0.05) is 11.1 Å². The highest BCUT2D eigenvalue weighted by atomic mass is 32.1. The molecule has 0 saturated heterocycles. The molecule has 0 saturated carbocycles. The maximum atomic E-state index is 5.49. The second-order valence-electron chi connectivity index (χ2n) is 3.90. The van der Waals surface area contributed by atoms with Crippen molar-refractivity contribution in [3.8, 4) is 5.75 Å². The van der Waals surface area contributed by atoms with Gasteiger partial charge in [0.25, 0.3) is 0 Å². The van der Waals surface area contributed by atoms with Gasteiger partial charge in [-0.05, 0) is 25.1 Å². The van der Waals surface area contributed by atoms with Crippen LogP contribution in [0, 0.1) is 0 Å². The first-order valence-electron chi connectivity index (χ1n) is 6.00. The van der Waals surface area contributed by atoms with Gasteiger partial charge in [-0.15, -0.1) is 11.3 Å². The van der Waals surface area contributed by atoms with Crippen LogP contribution in [0.2, 0.25) is 0 Å². The number of nitrogens with zero attached hydrogens (tertiary/aromatic N) is 2. The quantitative estimate of drug-likeness (QED) is 0.777. The Kier molecular flexibility index (Phi) is 3.61. The van der Waals surface area contributed by atoms with E-state index in [9.17, 15) is 0 Å². The summed E-state index contributed by atoms with van der Waals surface area (Å²) in [4.78, 5) is 9.81. The lowest BCUT2D eigenvalue weighted by molar-refractivity contribution is 0.341. The third-order valence-electron chi connectivity index (χ3n) is 2.57. The molecule has 0 bridgehead atoms. The van der Waals surface area contributed by atoms with Gasteiger partial charge in [-0.2, -0.15) is 0 Å². The Morgan fingerprint density at radius 2 is 2.32 bits per heavy atom. The first-order valence-corrected chi connectivity index (χ1v) is 7.69. The van der Waals surface area contributed by atoms with E-state index in [0.29, 0.717) is 6.61 Å². The van der Waals surface area contributed by atoms with Gasteiger partial charge in [-0.25, -0.2) is 4.98 Å². The number of fused-ring (bicyclic) bond motifs is 1. The van der Waals surface area contributed by atoms with E-state index < -0.39 is 0 Å². The number of nitrogens with one attached hydrogen (secondary N) is 1. The fraction of sp³-hybridized carbons (Fsp3) is 0.231. The summed E-state index contributed by atoms with van der Waals surface area (Å²) in [6, 6.07) is 5.99. The molecular weight excluding hydrogens is 278 g/mol. The van der Waals surface area contributed by atoms with Crippen molar-refractivity contribution in [1.82, 2.24) is 9.97 Å². The molecule has 0 aliphatic rings. The molecule has 2 aromatic heterocycles. The molecule has 0 atom stereocenters. The summed E-state index contributed by atoms with van der Waals surface area (Å²) in [5.41, 5.74) is 2.84. The van der Waals surface area contributed by atoms with Crippen molar-refractivity contribution in [2.24, 2.45) is 0 Å². The first-order chi connectivity index (χ1) is 9.35. The molecule has 19 heavy (non-hydrogen) atoms. The zero-order valence-corrected chi connectivity index (χ0v) is 12.1. The van der Waals surface area contributed by atoms with E-state index in [1.54, 1.807) is 22.7 Å². The number of aromatic nitrogens is 2. The van der Waals surface area contributed by atoms with E-state index in [-0.39, 0.29) is 0 Å². The van der Waals surface area contributed by atoms with Crippen LogP contribution in [0.25, 0.3) is 10.2 Å². The molecule has 0 radical (unpaired) electrons. The normalized spacial score (nSPS) is 10.8. The molecule has 2 heterocycles. The lowest BCUT2D eigenvalue weighted by Crippen LogP contribution is -1.96. The average molecular weight is 291 g/mol. The molecule has 0 amide bonds. The van der Waals surface area contributed by atoms with Crippen LogP contribution < -0.4 is 10.1 Å². The molecule has 0 spiro atoms. The van der Waals surface area contributed by atoms with Gasteiger partial charge in [0.05, 0.1) is 28.9 Å². The van der Waals surface area contributed by atoms with E-state index in [4.69, 9.17) is 4.74 Å². The number of benzene rings is 1. The minimum absolute atomic E-state index is 0.681. The summed E-state index contributed by atoms with van der Waals surface area (Å²) in [6.45, 7) is 3.43. The zero-order chi connectivity index (χ0) is 13.1. The molecule has 3 rings (SSSR count). The average Bonchev–Trinajstić information content (AvgIpc) is 3.05. The van der Waals surface area contributed by atoms with Crippen molar-refractivity contribution >= 4 is 38.0 Å². The van der Waals surface area contributed by atoms with Gasteiger partial charge >= 0.3 is 0 Å². The molecular formula is C13H13N3OS2. The molecule has 0 unspecified atom stereocenters. The van der Waals surface area contributed by atoms with Crippen LogP contribution in [0.15, 0.2) is 29.9 Å². The van der Waals surface area contributed by atoms with Crippen LogP contribution in [0.3, 0.4) is 0 Å². The smallest absolute Gasteiger partial charge is 0.184 e. The standard InChI is InChI=1S/C13H13N3OS2/c1-2-17-9-3-4-11-12(5-9)19-13(16-11)15-7-10-6-14-8-18-10/h3-6,8H,2,7H2,1H3,(H,15,16). The third kappa shape index (κ3) is 2.85. The Labute approximate surface area is 119 Å². The first kappa shape index (κ1) is 12.4. The molecule has 0 fully saturated rings. The van der Waals surface area contributed by atoms with E-state index in [1.165, 1.54) is 4.88 Å². The number of thiazole rings is 2. The van der Waals surface area contributed by atoms with Crippen LogP contribution >= 0.6 is 22.7 Å². The number of rotatable bonds is 5. The van der Waals surface area contributed by atoms with Crippen molar-refractivity contribution in [2.45, 2.75) is 13.5 Å². The second kappa shape index (κ2) is 5.54. The lowest BCUT2D eigenvalue weighted by atomic mass is 10.3. The fourth-order valence-corrected chi connectivity index (χ4v) is 3.15. The van der Waals surface area contributed by atoms with Crippen LogP contribution in [-0.2, 0) is 6.54 Å². The highest BCUT2D eigenvalue weighted by Crippen LogP contribution is 2.29. The monoisotopic (exact) mass is 291 g/mol. The molecule has 98 valence electrons. The van der Waals surface area contributed by atoms with Gasteiger partial charge in [-0.1, -0.05) is 11.3 Å². The Balaban J connectivity index is 1.77. The number of ether oxygens (including phenoxy) is 1. The minimum atomic E-state index is 0.681. The van der Waals surface area contributed by atoms with Gasteiger partial charge in [0.15, 0.2) is 5.13 Å². The van der Waals surface area contributed by atoms with Gasteiger partial charge in [0.2, 0.25) is 0 Å². The Morgan fingerprint density at radius 3 is 3.11 bits per heavy atom. The summed E-state index contributed by atoms with van der Waals surface area (Å²) in [5, 5.41) is 4.25. The van der Waals surface area contributed by atoms with E-state index in [0.717, 1.165) is 27.6 Å². The summed E-state index contributed by atoms with van der Waals surface area (Å²) in [5.74, 6) is 0.896. The molecule has 1 N–H and O–H groups in total. The van der Waals surface area contributed by atoms with E-state index in [1.807, 2.05) is 36.8 Å². The van der Waals surface area contributed by atoms with Crippen LogP contribution in [0.4, 0.5) is 5.13 Å². The van der Waals surface area contributed by atoms with Crippen molar-refractivity contribution in [2.75, 3.05) is 11.9 Å². The van der Waals surface area contributed by atoms with Gasteiger partial charge in [-0.3, -0.25) is 4.98 Å². The summed E-state index contributed by atoms with van der Waals surface area (Å²) < 4.78 is 6.63. The van der Waals surface area contributed by atoms with Crippen molar-refractivity contribution in [3.63, 3.8) is 0 Å². The Hall–Kier alpha value is -1.66. The van der Waals surface area contributed by atoms with Crippen molar-refractivity contribution in [3.05, 3.63) is 34.8 Å². The molecule has 0 aliphatic heterocycles. The summed E-state index contributed by atoms with van der Waals surface area (Å²) in [7, 11) is 0. The van der Waals surface area contributed by atoms with Gasteiger partial charge in [0.1, 0.15) is 5.75 Å². The summed E-state index contributed by atoms with van der Waals surface area (Å²) >= 11 is 3.28. The summed E-state index contributed by atoms with van der Waals surface area (Å²) in [6.07, 6.45) is 1.87. The van der Waals surface area contributed by atoms with E-state index >= 15 is 0 Å². The van der Waals surface area contributed by atoms with Crippen molar-refractivity contribution in [1.29, 1.82) is 0 Å². The predicted octanol–water partition coefficient (Wildman–Crippen LogP) is 3.76. The predicted molar refractivity (Wildman–Crippen MR) is 80.2 cm³/mol. The van der Waals surface area contributed by atoms with Crippen LogP contribution in [0.1, 0.15) is 11.8 Å². The number of anilines is 1. The third-order valence-corrected chi connectivity index (χ3v) is 4.32. The molecule has 4 nitrogen and oxygen atoms in total.